The van der Waals surface area contributed by atoms with Crippen molar-refractivity contribution in [2.45, 2.75) is 26.3 Å². The zero-order valence-corrected chi connectivity index (χ0v) is 12.2. The van der Waals surface area contributed by atoms with Gasteiger partial charge in [-0.05, 0) is 36.6 Å². The zero-order valence-electron chi connectivity index (χ0n) is 12.2. The summed E-state index contributed by atoms with van der Waals surface area (Å²) in [5, 5.41) is 14.3. The number of carbonyl (C=O) groups is 2. The van der Waals surface area contributed by atoms with Gasteiger partial charge < -0.3 is 15.7 Å². The van der Waals surface area contributed by atoms with E-state index < -0.39 is 11.7 Å². The summed E-state index contributed by atoms with van der Waals surface area (Å²) in [6, 6.07) is 4.73. The van der Waals surface area contributed by atoms with Crippen molar-refractivity contribution < 1.29 is 19.1 Å². The summed E-state index contributed by atoms with van der Waals surface area (Å²) in [4.78, 5) is 23.4. The number of hydrogen-bond acceptors (Lipinski definition) is 3. The lowest BCUT2D eigenvalue weighted by Crippen LogP contribution is -2.44. The fourth-order valence-electron chi connectivity index (χ4n) is 1.89. The number of benzene rings is 1. The van der Waals surface area contributed by atoms with Crippen LogP contribution in [0.3, 0.4) is 0 Å². The highest BCUT2D eigenvalue weighted by Gasteiger charge is 2.14. The summed E-state index contributed by atoms with van der Waals surface area (Å²) in [5.41, 5.74) is 0.282. The van der Waals surface area contributed by atoms with Gasteiger partial charge in [-0.25, -0.2) is 4.39 Å². The lowest BCUT2D eigenvalue weighted by atomic mass is 10.0. The minimum absolute atomic E-state index is 0.143. The van der Waals surface area contributed by atoms with Crippen molar-refractivity contribution in [3.63, 3.8) is 0 Å². The van der Waals surface area contributed by atoms with Crippen LogP contribution < -0.4 is 10.6 Å². The van der Waals surface area contributed by atoms with Crippen LogP contribution in [0.5, 0.6) is 0 Å². The fraction of sp³-hybridized carbons (Fsp3) is 0.467. The lowest BCUT2D eigenvalue weighted by molar-refractivity contribution is -0.121. The minimum atomic E-state index is -0.449. The third-order valence-electron chi connectivity index (χ3n) is 2.86. The summed E-state index contributed by atoms with van der Waals surface area (Å²) in [6.07, 6.45) is 0.661. The van der Waals surface area contributed by atoms with Gasteiger partial charge in [-0.3, -0.25) is 9.59 Å². The number of halogens is 1. The molecule has 116 valence electrons. The molecule has 0 saturated heterocycles. The van der Waals surface area contributed by atoms with E-state index in [1.807, 2.05) is 13.8 Å². The molecule has 1 aromatic rings. The molecule has 2 amide bonds. The average molecular weight is 296 g/mol. The van der Waals surface area contributed by atoms with Crippen molar-refractivity contribution >= 4 is 11.8 Å². The predicted molar refractivity (Wildman–Crippen MR) is 77.2 cm³/mol. The van der Waals surface area contributed by atoms with E-state index in [0.29, 0.717) is 12.3 Å². The third kappa shape index (κ3) is 6.35. The molecular formula is C15H21FN2O3. The van der Waals surface area contributed by atoms with Crippen LogP contribution in [-0.4, -0.2) is 36.1 Å². The standard InChI is InChI=1S/C15H21FN2O3/c1-10(2)7-13(9-19)18-14(20)8-17-15(21)11-3-5-12(16)6-4-11/h3-6,10,13,19H,7-9H2,1-2H3,(H,17,21)(H,18,20)/t13-/m1/s1. The van der Waals surface area contributed by atoms with Gasteiger partial charge in [-0.15, -0.1) is 0 Å². The SMILES string of the molecule is CC(C)C[C@H](CO)NC(=O)CNC(=O)c1ccc(F)cc1. The number of carbonyl (C=O) groups excluding carboxylic acids is 2. The zero-order chi connectivity index (χ0) is 15.8. The Morgan fingerprint density at radius 2 is 1.86 bits per heavy atom. The number of aliphatic hydroxyl groups excluding tert-OH is 1. The highest BCUT2D eigenvalue weighted by molar-refractivity contribution is 5.96. The first-order valence-corrected chi connectivity index (χ1v) is 6.86. The monoisotopic (exact) mass is 296 g/mol. The van der Waals surface area contributed by atoms with Crippen molar-refractivity contribution in [1.29, 1.82) is 0 Å². The maximum atomic E-state index is 12.7. The van der Waals surface area contributed by atoms with Gasteiger partial charge in [-0.1, -0.05) is 13.8 Å². The van der Waals surface area contributed by atoms with Crippen molar-refractivity contribution in [2.75, 3.05) is 13.2 Å². The first kappa shape index (κ1) is 17.1. The van der Waals surface area contributed by atoms with E-state index in [1.165, 1.54) is 24.3 Å². The summed E-state index contributed by atoms with van der Waals surface area (Å²) >= 11 is 0. The van der Waals surface area contributed by atoms with Crippen LogP contribution in [0.15, 0.2) is 24.3 Å². The molecule has 0 unspecified atom stereocenters. The molecule has 1 atom stereocenters. The molecule has 0 aliphatic rings. The molecule has 21 heavy (non-hydrogen) atoms. The van der Waals surface area contributed by atoms with Crippen molar-refractivity contribution in [3.8, 4) is 0 Å². The number of hydrogen-bond donors (Lipinski definition) is 3. The molecule has 0 heterocycles. The molecule has 1 rings (SSSR count). The normalized spacial score (nSPS) is 12.0. The Hall–Kier alpha value is -1.95. The Kier molecular flexibility index (Phi) is 6.81. The Morgan fingerprint density at radius 1 is 1.24 bits per heavy atom. The molecule has 1 aromatic carbocycles. The van der Waals surface area contributed by atoms with E-state index in [9.17, 15) is 14.0 Å². The van der Waals surface area contributed by atoms with Crippen LogP contribution in [0, 0.1) is 11.7 Å². The summed E-state index contributed by atoms with van der Waals surface area (Å²) < 4.78 is 12.7. The largest absolute Gasteiger partial charge is 0.394 e. The van der Waals surface area contributed by atoms with Crippen LogP contribution in [0.4, 0.5) is 4.39 Å². The maximum Gasteiger partial charge on any atom is 0.251 e. The third-order valence-corrected chi connectivity index (χ3v) is 2.86. The smallest absolute Gasteiger partial charge is 0.251 e. The first-order valence-electron chi connectivity index (χ1n) is 6.86. The molecule has 0 aromatic heterocycles. The second-order valence-electron chi connectivity index (χ2n) is 5.27. The van der Waals surface area contributed by atoms with Gasteiger partial charge in [0.2, 0.25) is 5.91 Å². The predicted octanol–water partition coefficient (Wildman–Crippen LogP) is 1.08. The minimum Gasteiger partial charge on any atom is -0.394 e. The molecule has 0 aliphatic heterocycles. The van der Waals surface area contributed by atoms with Gasteiger partial charge in [0.15, 0.2) is 0 Å². The van der Waals surface area contributed by atoms with E-state index in [0.717, 1.165) is 0 Å². The second-order valence-corrected chi connectivity index (χ2v) is 5.27. The van der Waals surface area contributed by atoms with Crippen LogP contribution in [0.25, 0.3) is 0 Å². The number of nitrogens with one attached hydrogen (secondary N) is 2. The van der Waals surface area contributed by atoms with Gasteiger partial charge in [0, 0.05) is 5.56 Å². The van der Waals surface area contributed by atoms with Gasteiger partial charge in [-0.2, -0.15) is 0 Å². The lowest BCUT2D eigenvalue weighted by Gasteiger charge is -2.18. The van der Waals surface area contributed by atoms with E-state index in [-0.39, 0.29) is 30.7 Å². The van der Waals surface area contributed by atoms with Crippen LogP contribution in [0.2, 0.25) is 0 Å². The number of rotatable bonds is 7. The Morgan fingerprint density at radius 3 is 2.38 bits per heavy atom. The van der Waals surface area contributed by atoms with Crippen molar-refractivity contribution in [2.24, 2.45) is 5.92 Å². The summed E-state index contributed by atoms with van der Waals surface area (Å²) in [6.45, 7) is 3.65. The molecule has 0 saturated carbocycles. The Bertz CT molecular complexity index is 474. The van der Waals surface area contributed by atoms with Crippen LogP contribution in [0.1, 0.15) is 30.6 Å². The van der Waals surface area contributed by atoms with E-state index in [4.69, 9.17) is 5.11 Å². The molecule has 5 nitrogen and oxygen atoms in total. The van der Waals surface area contributed by atoms with Crippen LogP contribution >= 0.6 is 0 Å². The Balaban J connectivity index is 2.41. The van der Waals surface area contributed by atoms with Crippen LogP contribution in [-0.2, 0) is 4.79 Å². The van der Waals surface area contributed by atoms with Crippen molar-refractivity contribution in [3.05, 3.63) is 35.6 Å². The number of amides is 2. The summed E-state index contributed by atoms with van der Waals surface area (Å²) in [5.74, 6) is -0.903. The number of aliphatic hydroxyl groups is 1. The van der Waals surface area contributed by atoms with Gasteiger partial charge >= 0.3 is 0 Å². The molecule has 0 fully saturated rings. The summed E-state index contributed by atoms with van der Waals surface area (Å²) in [7, 11) is 0. The molecular weight excluding hydrogens is 275 g/mol. The van der Waals surface area contributed by atoms with E-state index in [2.05, 4.69) is 10.6 Å². The molecule has 0 spiro atoms. The quantitative estimate of drug-likeness (QED) is 0.704. The highest BCUT2D eigenvalue weighted by Crippen LogP contribution is 2.04. The van der Waals surface area contributed by atoms with Gasteiger partial charge in [0.25, 0.3) is 5.91 Å². The molecule has 0 aliphatic carbocycles. The molecule has 0 bridgehead atoms. The average Bonchev–Trinajstić information content (AvgIpc) is 2.44. The first-order chi connectivity index (χ1) is 9.92. The van der Waals surface area contributed by atoms with E-state index >= 15 is 0 Å². The highest BCUT2D eigenvalue weighted by atomic mass is 19.1. The van der Waals surface area contributed by atoms with Gasteiger partial charge in [0.1, 0.15) is 5.82 Å². The molecule has 0 radical (unpaired) electrons. The second kappa shape index (κ2) is 8.36. The maximum absolute atomic E-state index is 12.7. The Labute approximate surface area is 123 Å². The molecule has 6 heteroatoms. The topological polar surface area (TPSA) is 78.4 Å². The van der Waals surface area contributed by atoms with Gasteiger partial charge in [0.05, 0.1) is 19.2 Å². The molecule has 3 N–H and O–H groups in total. The fourth-order valence-corrected chi connectivity index (χ4v) is 1.89. The van der Waals surface area contributed by atoms with Crippen molar-refractivity contribution in [1.82, 2.24) is 10.6 Å². The van der Waals surface area contributed by atoms with E-state index in [1.54, 1.807) is 0 Å².